The standard InChI is InChI=1S/C16H16N4OS2/c1-8-5-11(22-9(8)2)16(21)20-4-3-10-12(6-20)23-15-13(10)14(17)18-7-19-15/h5,7H,3-4,6H2,1-2H3,(H2,17,18,19). The summed E-state index contributed by atoms with van der Waals surface area (Å²) in [5.41, 5.74) is 8.40. The lowest BCUT2D eigenvalue weighted by Crippen LogP contribution is -2.34. The van der Waals surface area contributed by atoms with Gasteiger partial charge in [0.05, 0.1) is 16.8 Å². The minimum atomic E-state index is 0.119. The molecule has 0 unspecified atom stereocenters. The minimum Gasteiger partial charge on any atom is -0.383 e. The lowest BCUT2D eigenvalue weighted by molar-refractivity contribution is 0.0742. The molecule has 7 heteroatoms. The first-order valence-electron chi connectivity index (χ1n) is 7.41. The summed E-state index contributed by atoms with van der Waals surface area (Å²) in [6.07, 6.45) is 2.31. The summed E-state index contributed by atoms with van der Waals surface area (Å²) in [5, 5.41) is 0.974. The molecule has 0 bridgehead atoms. The van der Waals surface area contributed by atoms with Crippen LogP contribution in [0.3, 0.4) is 0 Å². The number of fused-ring (bicyclic) bond motifs is 3. The quantitative estimate of drug-likeness (QED) is 0.736. The summed E-state index contributed by atoms with van der Waals surface area (Å²) < 4.78 is 0. The summed E-state index contributed by atoms with van der Waals surface area (Å²) in [6.45, 7) is 5.44. The summed E-state index contributed by atoms with van der Waals surface area (Å²) in [7, 11) is 0. The Bertz CT molecular complexity index is 908. The van der Waals surface area contributed by atoms with Crippen LogP contribution in [0.1, 0.15) is 30.6 Å². The smallest absolute Gasteiger partial charge is 0.264 e. The molecule has 0 aliphatic carbocycles. The van der Waals surface area contributed by atoms with E-state index < -0.39 is 0 Å². The Morgan fingerprint density at radius 1 is 1.30 bits per heavy atom. The zero-order valence-electron chi connectivity index (χ0n) is 12.9. The van der Waals surface area contributed by atoms with Crippen LogP contribution in [0.2, 0.25) is 0 Å². The molecule has 3 aromatic heterocycles. The molecule has 5 nitrogen and oxygen atoms in total. The fraction of sp³-hybridized carbons (Fsp3) is 0.312. The molecule has 1 aliphatic rings. The van der Waals surface area contributed by atoms with Crippen molar-refractivity contribution in [2.75, 3.05) is 12.3 Å². The van der Waals surface area contributed by atoms with Gasteiger partial charge in [0, 0.05) is 16.3 Å². The molecule has 0 radical (unpaired) electrons. The highest BCUT2D eigenvalue weighted by Gasteiger charge is 2.27. The van der Waals surface area contributed by atoms with Crippen LogP contribution >= 0.6 is 22.7 Å². The first-order valence-corrected chi connectivity index (χ1v) is 9.05. The van der Waals surface area contributed by atoms with E-state index in [9.17, 15) is 4.79 Å². The van der Waals surface area contributed by atoms with Crippen LogP contribution in [-0.2, 0) is 13.0 Å². The van der Waals surface area contributed by atoms with E-state index in [2.05, 4.69) is 16.9 Å². The van der Waals surface area contributed by atoms with E-state index in [0.29, 0.717) is 18.9 Å². The maximum absolute atomic E-state index is 12.7. The molecule has 4 rings (SSSR count). The molecule has 4 heterocycles. The minimum absolute atomic E-state index is 0.119. The number of hydrogen-bond donors (Lipinski definition) is 1. The Kier molecular flexibility index (Phi) is 3.35. The highest BCUT2D eigenvalue weighted by Crippen LogP contribution is 2.36. The van der Waals surface area contributed by atoms with Gasteiger partial charge in [-0.2, -0.15) is 0 Å². The van der Waals surface area contributed by atoms with Gasteiger partial charge in [-0.3, -0.25) is 4.79 Å². The number of nitrogen functional groups attached to an aromatic ring is 1. The molecular weight excluding hydrogens is 328 g/mol. The van der Waals surface area contributed by atoms with Crippen LogP contribution in [0, 0.1) is 13.8 Å². The highest BCUT2D eigenvalue weighted by molar-refractivity contribution is 7.19. The van der Waals surface area contributed by atoms with Crippen molar-refractivity contribution in [2.45, 2.75) is 26.8 Å². The van der Waals surface area contributed by atoms with Crippen molar-refractivity contribution in [1.82, 2.24) is 14.9 Å². The van der Waals surface area contributed by atoms with E-state index in [1.807, 2.05) is 17.9 Å². The summed E-state index contributed by atoms with van der Waals surface area (Å²) in [4.78, 5) is 27.2. The summed E-state index contributed by atoms with van der Waals surface area (Å²) in [5.74, 6) is 0.658. The van der Waals surface area contributed by atoms with Crippen molar-refractivity contribution in [3.63, 3.8) is 0 Å². The monoisotopic (exact) mass is 344 g/mol. The van der Waals surface area contributed by atoms with Crippen molar-refractivity contribution >= 4 is 44.6 Å². The zero-order valence-corrected chi connectivity index (χ0v) is 14.6. The van der Waals surface area contributed by atoms with Gasteiger partial charge in [-0.25, -0.2) is 9.97 Å². The number of carbonyl (C=O) groups is 1. The molecule has 2 N–H and O–H groups in total. The number of anilines is 1. The molecule has 0 saturated carbocycles. The predicted molar refractivity (Wildman–Crippen MR) is 94.1 cm³/mol. The Morgan fingerprint density at radius 2 is 2.13 bits per heavy atom. The number of thiophene rings is 2. The molecule has 0 atom stereocenters. The second-order valence-electron chi connectivity index (χ2n) is 5.77. The van der Waals surface area contributed by atoms with Crippen LogP contribution in [0.15, 0.2) is 12.4 Å². The fourth-order valence-corrected chi connectivity index (χ4v) is 5.17. The van der Waals surface area contributed by atoms with Gasteiger partial charge < -0.3 is 10.6 Å². The average molecular weight is 344 g/mol. The van der Waals surface area contributed by atoms with Gasteiger partial charge in [0.15, 0.2) is 0 Å². The molecule has 118 valence electrons. The Labute approximate surface area is 141 Å². The van der Waals surface area contributed by atoms with E-state index >= 15 is 0 Å². The number of rotatable bonds is 1. The molecule has 3 aromatic rings. The van der Waals surface area contributed by atoms with Crippen LogP contribution in [-0.4, -0.2) is 27.3 Å². The molecule has 1 amide bonds. The van der Waals surface area contributed by atoms with Gasteiger partial charge in [-0.15, -0.1) is 22.7 Å². The van der Waals surface area contributed by atoms with E-state index in [0.717, 1.165) is 21.5 Å². The number of aromatic nitrogens is 2. The molecule has 0 saturated heterocycles. The van der Waals surface area contributed by atoms with E-state index in [1.54, 1.807) is 22.7 Å². The van der Waals surface area contributed by atoms with Gasteiger partial charge in [0.1, 0.15) is 17.0 Å². The Hall–Kier alpha value is -1.99. The molecule has 1 aliphatic heterocycles. The summed E-state index contributed by atoms with van der Waals surface area (Å²) >= 11 is 3.19. The van der Waals surface area contributed by atoms with Crippen molar-refractivity contribution in [3.05, 3.63) is 38.2 Å². The van der Waals surface area contributed by atoms with Crippen LogP contribution in [0.25, 0.3) is 10.2 Å². The van der Waals surface area contributed by atoms with Gasteiger partial charge >= 0.3 is 0 Å². The van der Waals surface area contributed by atoms with Gasteiger partial charge in [0.2, 0.25) is 0 Å². The predicted octanol–water partition coefficient (Wildman–Crippen LogP) is 3.15. The third-order valence-electron chi connectivity index (χ3n) is 4.33. The number of nitrogens with two attached hydrogens (primary N) is 1. The number of hydrogen-bond acceptors (Lipinski definition) is 6. The van der Waals surface area contributed by atoms with Crippen molar-refractivity contribution in [1.29, 1.82) is 0 Å². The first-order chi connectivity index (χ1) is 11.0. The van der Waals surface area contributed by atoms with E-state index in [1.165, 1.54) is 27.2 Å². The molecular formula is C16H16N4OS2. The zero-order chi connectivity index (χ0) is 16.1. The van der Waals surface area contributed by atoms with Crippen LogP contribution in [0.4, 0.5) is 5.82 Å². The number of nitrogens with zero attached hydrogens (tertiary/aromatic N) is 3. The maximum atomic E-state index is 12.7. The molecule has 23 heavy (non-hydrogen) atoms. The molecule has 0 fully saturated rings. The molecule has 0 aromatic carbocycles. The van der Waals surface area contributed by atoms with E-state index in [-0.39, 0.29) is 5.91 Å². The largest absolute Gasteiger partial charge is 0.383 e. The van der Waals surface area contributed by atoms with E-state index in [4.69, 9.17) is 5.73 Å². The summed E-state index contributed by atoms with van der Waals surface area (Å²) in [6, 6.07) is 1.99. The number of aryl methyl sites for hydroxylation is 2. The van der Waals surface area contributed by atoms with Crippen LogP contribution in [0.5, 0.6) is 0 Å². The van der Waals surface area contributed by atoms with Gasteiger partial charge in [-0.05, 0) is 37.5 Å². The second kappa shape index (κ2) is 5.28. The Morgan fingerprint density at radius 3 is 2.87 bits per heavy atom. The van der Waals surface area contributed by atoms with Crippen LogP contribution < -0.4 is 5.73 Å². The topological polar surface area (TPSA) is 72.1 Å². The molecule has 0 spiro atoms. The third kappa shape index (κ3) is 2.31. The highest BCUT2D eigenvalue weighted by atomic mass is 32.1. The Balaban J connectivity index is 1.67. The van der Waals surface area contributed by atoms with Gasteiger partial charge in [0.25, 0.3) is 5.91 Å². The maximum Gasteiger partial charge on any atom is 0.264 e. The number of amides is 1. The lowest BCUT2D eigenvalue weighted by Gasteiger charge is -2.26. The van der Waals surface area contributed by atoms with Crippen molar-refractivity contribution in [2.24, 2.45) is 0 Å². The number of carbonyl (C=O) groups excluding carboxylic acids is 1. The second-order valence-corrected chi connectivity index (χ2v) is 8.11. The van der Waals surface area contributed by atoms with Crippen molar-refractivity contribution < 1.29 is 4.79 Å². The normalized spacial score (nSPS) is 14.3. The first kappa shape index (κ1) is 14.6. The SMILES string of the molecule is Cc1cc(C(=O)N2CCc3c(sc4ncnc(N)c34)C2)sc1C. The lowest BCUT2D eigenvalue weighted by atomic mass is 10.0. The van der Waals surface area contributed by atoms with Gasteiger partial charge in [-0.1, -0.05) is 0 Å². The third-order valence-corrected chi connectivity index (χ3v) is 6.60. The fourth-order valence-electron chi connectivity index (χ4n) is 2.96. The average Bonchev–Trinajstić information content (AvgIpc) is 3.07. The van der Waals surface area contributed by atoms with Crippen molar-refractivity contribution in [3.8, 4) is 0 Å².